The molecule has 1 atom stereocenters. The van der Waals surface area contributed by atoms with Gasteiger partial charge in [0.25, 0.3) is 0 Å². The van der Waals surface area contributed by atoms with E-state index in [0.29, 0.717) is 22.7 Å². The lowest BCUT2D eigenvalue weighted by molar-refractivity contribution is -0.114. The predicted octanol–water partition coefficient (Wildman–Crippen LogP) is 3.65. The van der Waals surface area contributed by atoms with Gasteiger partial charge in [-0.2, -0.15) is 0 Å². The molecular weight excluding hydrogens is 332 g/mol. The van der Waals surface area contributed by atoms with Crippen LogP contribution in [0.1, 0.15) is 29.8 Å². The van der Waals surface area contributed by atoms with E-state index in [1.807, 2.05) is 19.1 Å². The summed E-state index contributed by atoms with van der Waals surface area (Å²) in [4.78, 5) is 23.7. The molecule has 0 aliphatic carbocycles. The number of anilines is 2. The fourth-order valence-electron chi connectivity index (χ4n) is 2.61. The standard InChI is InChI=1S/C20H24N2O4/c1-12-10-18(25-4)19(26-5)11-17(12)21-13(2)20(24)15-6-8-16(9-7-15)22-14(3)23/h6-11,13,21H,1-5H3,(H,22,23)/t13-/m1/s1. The zero-order valence-electron chi connectivity index (χ0n) is 15.7. The number of amides is 1. The van der Waals surface area contributed by atoms with Crippen molar-refractivity contribution >= 4 is 23.1 Å². The molecule has 0 saturated heterocycles. The molecule has 0 spiro atoms. The highest BCUT2D eigenvalue weighted by molar-refractivity contribution is 6.02. The molecule has 0 aliphatic heterocycles. The van der Waals surface area contributed by atoms with E-state index in [2.05, 4.69) is 10.6 Å². The number of benzene rings is 2. The van der Waals surface area contributed by atoms with E-state index in [1.165, 1.54) is 6.92 Å². The van der Waals surface area contributed by atoms with Gasteiger partial charge in [-0.25, -0.2) is 0 Å². The molecule has 2 rings (SSSR count). The Bertz CT molecular complexity index is 800. The van der Waals surface area contributed by atoms with Crippen LogP contribution in [0.15, 0.2) is 36.4 Å². The van der Waals surface area contributed by atoms with Crippen molar-refractivity contribution in [3.63, 3.8) is 0 Å². The van der Waals surface area contributed by atoms with Crippen LogP contribution in [0.4, 0.5) is 11.4 Å². The van der Waals surface area contributed by atoms with E-state index >= 15 is 0 Å². The van der Waals surface area contributed by atoms with Gasteiger partial charge in [0.2, 0.25) is 5.91 Å². The molecule has 6 nitrogen and oxygen atoms in total. The van der Waals surface area contributed by atoms with Crippen LogP contribution in [0.3, 0.4) is 0 Å². The van der Waals surface area contributed by atoms with Crippen molar-refractivity contribution in [3.05, 3.63) is 47.5 Å². The molecule has 0 aliphatic rings. The number of carbonyl (C=O) groups excluding carboxylic acids is 2. The van der Waals surface area contributed by atoms with Gasteiger partial charge in [0, 0.05) is 29.9 Å². The number of ketones is 1. The summed E-state index contributed by atoms with van der Waals surface area (Å²) in [6.45, 7) is 5.18. The van der Waals surface area contributed by atoms with Gasteiger partial charge in [-0.05, 0) is 49.7 Å². The molecule has 0 radical (unpaired) electrons. The minimum absolute atomic E-state index is 0.0476. The van der Waals surface area contributed by atoms with Crippen LogP contribution in [0.5, 0.6) is 11.5 Å². The molecule has 6 heteroatoms. The number of hydrogen-bond acceptors (Lipinski definition) is 5. The number of ether oxygens (including phenoxy) is 2. The van der Waals surface area contributed by atoms with E-state index < -0.39 is 6.04 Å². The van der Waals surface area contributed by atoms with Crippen molar-refractivity contribution in [2.24, 2.45) is 0 Å². The summed E-state index contributed by atoms with van der Waals surface area (Å²) in [6, 6.07) is 10.1. The van der Waals surface area contributed by atoms with Crippen molar-refractivity contribution in [2.45, 2.75) is 26.8 Å². The zero-order valence-corrected chi connectivity index (χ0v) is 15.7. The zero-order chi connectivity index (χ0) is 19.3. The molecule has 2 aromatic rings. The second-order valence-corrected chi connectivity index (χ2v) is 6.01. The quantitative estimate of drug-likeness (QED) is 0.741. The van der Waals surface area contributed by atoms with Crippen molar-refractivity contribution < 1.29 is 19.1 Å². The normalized spacial score (nSPS) is 11.4. The molecule has 1 amide bonds. The van der Waals surface area contributed by atoms with Gasteiger partial charge >= 0.3 is 0 Å². The van der Waals surface area contributed by atoms with Crippen LogP contribution >= 0.6 is 0 Å². The van der Waals surface area contributed by atoms with Crippen LogP contribution in [0, 0.1) is 6.92 Å². The molecule has 0 aromatic heterocycles. The number of nitrogens with one attached hydrogen (secondary N) is 2. The summed E-state index contributed by atoms with van der Waals surface area (Å²) < 4.78 is 10.6. The summed E-state index contributed by atoms with van der Waals surface area (Å²) in [7, 11) is 3.16. The Morgan fingerprint density at radius 2 is 1.58 bits per heavy atom. The van der Waals surface area contributed by atoms with Crippen molar-refractivity contribution in [3.8, 4) is 11.5 Å². The van der Waals surface area contributed by atoms with Gasteiger partial charge in [-0.15, -0.1) is 0 Å². The van der Waals surface area contributed by atoms with Crippen molar-refractivity contribution in [1.82, 2.24) is 0 Å². The third kappa shape index (κ3) is 4.53. The molecule has 2 N–H and O–H groups in total. The van der Waals surface area contributed by atoms with Gasteiger partial charge in [0.15, 0.2) is 17.3 Å². The Morgan fingerprint density at radius 3 is 2.12 bits per heavy atom. The minimum Gasteiger partial charge on any atom is -0.493 e. The number of hydrogen-bond donors (Lipinski definition) is 2. The number of methoxy groups -OCH3 is 2. The van der Waals surface area contributed by atoms with Crippen LogP contribution in [0.25, 0.3) is 0 Å². The Kier molecular flexibility index (Phi) is 6.22. The summed E-state index contributed by atoms with van der Waals surface area (Å²) in [5, 5.41) is 5.91. The lowest BCUT2D eigenvalue weighted by atomic mass is 10.0. The van der Waals surface area contributed by atoms with Gasteiger partial charge in [-0.3, -0.25) is 9.59 Å². The first kappa shape index (κ1) is 19.3. The Hall–Kier alpha value is -3.02. The maximum atomic E-state index is 12.7. The molecule has 0 bridgehead atoms. The summed E-state index contributed by atoms with van der Waals surface area (Å²) in [5.41, 5.74) is 2.98. The van der Waals surface area contributed by atoms with E-state index in [0.717, 1.165) is 11.3 Å². The molecule has 2 aromatic carbocycles. The maximum Gasteiger partial charge on any atom is 0.221 e. The SMILES string of the molecule is COc1cc(C)c(N[C@H](C)C(=O)c2ccc(NC(C)=O)cc2)cc1OC. The second-order valence-electron chi connectivity index (χ2n) is 6.01. The van der Waals surface area contributed by atoms with E-state index in [-0.39, 0.29) is 11.7 Å². The number of Topliss-reactive ketones (excluding diaryl/α,β-unsaturated/α-hetero) is 1. The van der Waals surface area contributed by atoms with Gasteiger partial charge in [-0.1, -0.05) is 0 Å². The van der Waals surface area contributed by atoms with Crippen molar-refractivity contribution in [1.29, 1.82) is 0 Å². The number of aryl methyl sites for hydroxylation is 1. The molecule has 0 unspecified atom stereocenters. The lowest BCUT2D eigenvalue weighted by Crippen LogP contribution is -2.26. The highest BCUT2D eigenvalue weighted by atomic mass is 16.5. The molecule has 26 heavy (non-hydrogen) atoms. The largest absolute Gasteiger partial charge is 0.493 e. The predicted molar refractivity (Wildman–Crippen MR) is 102 cm³/mol. The van der Waals surface area contributed by atoms with Gasteiger partial charge in [0.1, 0.15) is 0 Å². The minimum atomic E-state index is -0.432. The highest BCUT2D eigenvalue weighted by Gasteiger charge is 2.17. The number of rotatable bonds is 7. The molecule has 0 heterocycles. The van der Waals surface area contributed by atoms with Crippen LogP contribution in [-0.2, 0) is 4.79 Å². The summed E-state index contributed by atoms with van der Waals surface area (Å²) in [6.07, 6.45) is 0. The smallest absolute Gasteiger partial charge is 0.221 e. The second kappa shape index (κ2) is 8.38. The first-order valence-electron chi connectivity index (χ1n) is 8.26. The fourth-order valence-corrected chi connectivity index (χ4v) is 2.61. The Labute approximate surface area is 153 Å². The van der Waals surface area contributed by atoms with E-state index in [4.69, 9.17) is 9.47 Å². The van der Waals surface area contributed by atoms with E-state index in [9.17, 15) is 9.59 Å². The number of carbonyl (C=O) groups is 2. The van der Waals surface area contributed by atoms with Gasteiger partial charge in [0.05, 0.1) is 20.3 Å². The van der Waals surface area contributed by atoms with Crippen LogP contribution in [0.2, 0.25) is 0 Å². The Morgan fingerprint density at radius 1 is 1.00 bits per heavy atom. The summed E-state index contributed by atoms with van der Waals surface area (Å²) in [5.74, 6) is 1.04. The Balaban J connectivity index is 2.15. The molecule has 0 saturated carbocycles. The average molecular weight is 356 g/mol. The van der Waals surface area contributed by atoms with Gasteiger partial charge < -0.3 is 20.1 Å². The monoisotopic (exact) mass is 356 g/mol. The first-order valence-corrected chi connectivity index (χ1v) is 8.26. The first-order chi connectivity index (χ1) is 12.3. The molecular formula is C20H24N2O4. The third-order valence-corrected chi connectivity index (χ3v) is 3.99. The third-order valence-electron chi connectivity index (χ3n) is 3.99. The summed E-state index contributed by atoms with van der Waals surface area (Å²) >= 11 is 0. The van der Waals surface area contributed by atoms with E-state index in [1.54, 1.807) is 45.4 Å². The average Bonchev–Trinajstić information content (AvgIpc) is 2.62. The molecule has 138 valence electrons. The maximum absolute atomic E-state index is 12.7. The lowest BCUT2D eigenvalue weighted by Gasteiger charge is -2.18. The highest BCUT2D eigenvalue weighted by Crippen LogP contribution is 2.33. The molecule has 0 fully saturated rings. The topological polar surface area (TPSA) is 76.7 Å². The van der Waals surface area contributed by atoms with Crippen molar-refractivity contribution in [2.75, 3.05) is 24.9 Å². The van der Waals surface area contributed by atoms with Crippen LogP contribution < -0.4 is 20.1 Å². The van der Waals surface area contributed by atoms with Crippen LogP contribution in [-0.4, -0.2) is 32.0 Å². The fraction of sp³-hybridized carbons (Fsp3) is 0.300.